The molecule has 0 unspecified atom stereocenters. The zero-order valence-electron chi connectivity index (χ0n) is 31.5. The van der Waals surface area contributed by atoms with Gasteiger partial charge in [0.05, 0.1) is 48.4 Å². The Kier molecular flexibility index (Phi) is 16.2. The van der Waals surface area contributed by atoms with Crippen LogP contribution in [0.4, 0.5) is 0 Å². The van der Waals surface area contributed by atoms with E-state index in [9.17, 15) is 0 Å². The van der Waals surface area contributed by atoms with Crippen molar-refractivity contribution in [2.75, 3.05) is 14.2 Å². The first-order chi connectivity index (χ1) is 27.7. The summed E-state index contributed by atoms with van der Waals surface area (Å²) in [5, 5.41) is 0. The molecule has 6 heterocycles. The van der Waals surface area contributed by atoms with Crippen molar-refractivity contribution >= 4 is 24.3 Å². The Hall–Kier alpha value is -6.96. The van der Waals surface area contributed by atoms with E-state index in [2.05, 4.69) is 54.2 Å². The van der Waals surface area contributed by atoms with Crippen molar-refractivity contribution in [3.8, 4) is 45.7 Å². The topological polar surface area (TPSA) is 95.8 Å². The van der Waals surface area contributed by atoms with Crippen molar-refractivity contribution in [2.45, 2.75) is 0 Å². The quantitative estimate of drug-likeness (QED) is 0.133. The number of benzene rings is 2. The fourth-order valence-electron chi connectivity index (χ4n) is 5.31. The molecule has 0 bridgehead atoms. The van der Waals surface area contributed by atoms with E-state index in [0.29, 0.717) is 0 Å². The number of hydrogen-bond donors (Lipinski definition) is 0. The van der Waals surface area contributed by atoms with Crippen LogP contribution in [0, 0.1) is 0 Å². The summed E-state index contributed by atoms with van der Waals surface area (Å²) >= 11 is 0. The number of pyridine rings is 6. The van der Waals surface area contributed by atoms with Crippen molar-refractivity contribution in [2.24, 2.45) is 0 Å². The van der Waals surface area contributed by atoms with E-state index in [1.165, 1.54) is 0 Å². The fourth-order valence-corrected chi connectivity index (χ4v) is 5.31. The van der Waals surface area contributed by atoms with Crippen molar-refractivity contribution in [3.63, 3.8) is 0 Å². The first-order valence-electron chi connectivity index (χ1n) is 17.9. The Morgan fingerprint density at radius 1 is 0.316 bits per heavy atom. The van der Waals surface area contributed by atoms with E-state index in [4.69, 9.17) is 9.47 Å². The average molecular weight is 834 g/mol. The third kappa shape index (κ3) is 13.1. The molecule has 0 atom stereocenters. The maximum absolute atomic E-state index is 5.29. The van der Waals surface area contributed by atoms with Gasteiger partial charge >= 0.3 is 0 Å². The van der Waals surface area contributed by atoms with Crippen LogP contribution in [-0.4, -0.2) is 44.1 Å². The molecule has 0 aliphatic heterocycles. The molecule has 6 aromatic heterocycles. The maximum Gasteiger partial charge on any atom is 0.119 e. The molecule has 0 radical (unpaired) electrons. The van der Waals surface area contributed by atoms with Gasteiger partial charge in [-0.05, 0) is 119 Å². The predicted octanol–water partition coefficient (Wildman–Crippen LogP) is 10.8. The number of hydrogen-bond acceptors (Lipinski definition) is 8. The molecule has 8 aromatic rings. The van der Waals surface area contributed by atoms with Gasteiger partial charge in [-0.1, -0.05) is 72.8 Å². The summed E-state index contributed by atoms with van der Waals surface area (Å²) < 4.78 is 10.6. The molecular formula is C48H40N6O2Ru. The molecule has 0 amide bonds. The molecule has 8 nitrogen and oxygen atoms in total. The molecule has 0 spiro atoms. The summed E-state index contributed by atoms with van der Waals surface area (Å²) in [6.45, 7) is 0. The molecule has 2 aromatic carbocycles. The number of methoxy groups -OCH3 is 2. The van der Waals surface area contributed by atoms with Crippen LogP contribution in [0.15, 0.2) is 183 Å². The van der Waals surface area contributed by atoms with Gasteiger partial charge in [0, 0.05) is 56.7 Å². The monoisotopic (exact) mass is 834 g/mol. The molecule has 0 aliphatic carbocycles. The molecule has 0 fully saturated rings. The largest absolute Gasteiger partial charge is 0.497 e. The van der Waals surface area contributed by atoms with Crippen LogP contribution in [0.1, 0.15) is 22.3 Å². The molecule has 8 rings (SSSR count). The van der Waals surface area contributed by atoms with Gasteiger partial charge in [-0.2, -0.15) is 0 Å². The number of rotatable bonds is 9. The SMILES string of the molecule is COc1cccc(/C=C/c2ccnc(-c3cc(/C=C/c4cccc(OC)c4)ccn3)c2)c1.[Ru].c1ccc(-c2ccccn2)nc1.c1ccc(-c2ccccn2)nc1. The van der Waals surface area contributed by atoms with E-state index >= 15 is 0 Å². The Bertz CT molecular complexity index is 2200. The van der Waals surface area contributed by atoms with E-state index < -0.39 is 0 Å². The second-order valence-corrected chi connectivity index (χ2v) is 12.0. The smallest absolute Gasteiger partial charge is 0.119 e. The Balaban J connectivity index is 0.000000201. The maximum atomic E-state index is 5.29. The standard InChI is InChI=1S/C28H24N2O2.2C10H8N2.Ru/c1-31-25-7-3-5-21(17-25)9-11-23-13-15-29-27(19-23)28-20-24(14-16-30-28)12-10-22-6-4-8-26(18-22)32-2;2*1-3-7-11-9(5-1)10-6-2-4-8-12-10;/h3-20H,1-2H3;2*1-8H;/b11-9+,12-10+;;;. The van der Waals surface area contributed by atoms with Gasteiger partial charge in [-0.25, -0.2) is 0 Å². The zero-order valence-corrected chi connectivity index (χ0v) is 33.2. The van der Waals surface area contributed by atoms with Crippen LogP contribution in [0.5, 0.6) is 11.5 Å². The number of nitrogens with zero attached hydrogens (tertiary/aromatic N) is 6. The van der Waals surface area contributed by atoms with Gasteiger partial charge in [0.15, 0.2) is 0 Å². The van der Waals surface area contributed by atoms with Gasteiger partial charge in [-0.3, -0.25) is 29.9 Å². The van der Waals surface area contributed by atoms with Crippen molar-refractivity contribution in [1.29, 1.82) is 0 Å². The van der Waals surface area contributed by atoms with E-state index in [0.717, 1.165) is 67.9 Å². The minimum absolute atomic E-state index is 0. The molecule has 0 N–H and O–H groups in total. The molecular weight excluding hydrogens is 794 g/mol. The minimum Gasteiger partial charge on any atom is -0.497 e. The Labute approximate surface area is 346 Å². The third-order valence-electron chi connectivity index (χ3n) is 8.14. The van der Waals surface area contributed by atoms with Gasteiger partial charge in [0.2, 0.25) is 0 Å². The Morgan fingerprint density at radius 2 is 0.632 bits per heavy atom. The molecule has 282 valence electrons. The molecule has 9 heteroatoms. The van der Waals surface area contributed by atoms with Gasteiger partial charge < -0.3 is 9.47 Å². The van der Waals surface area contributed by atoms with E-state index in [-0.39, 0.29) is 19.5 Å². The van der Waals surface area contributed by atoms with Gasteiger partial charge in [0.1, 0.15) is 11.5 Å². The summed E-state index contributed by atoms with van der Waals surface area (Å²) in [7, 11) is 3.34. The Morgan fingerprint density at radius 3 is 0.930 bits per heavy atom. The first-order valence-corrected chi connectivity index (χ1v) is 17.9. The normalized spacial score (nSPS) is 10.4. The van der Waals surface area contributed by atoms with Crippen LogP contribution in [0.25, 0.3) is 58.5 Å². The summed E-state index contributed by atoms with van der Waals surface area (Å²) in [6.07, 6.45) is 18.9. The zero-order chi connectivity index (χ0) is 38.6. The first kappa shape index (κ1) is 41.2. The van der Waals surface area contributed by atoms with E-state index in [1.54, 1.807) is 51.4 Å². The number of aromatic nitrogens is 6. The van der Waals surface area contributed by atoms with Crippen molar-refractivity contribution in [1.82, 2.24) is 29.9 Å². The van der Waals surface area contributed by atoms with Crippen LogP contribution in [-0.2, 0) is 19.5 Å². The van der Waals surface area contributed by atoms with Crippen LogP contribution in [0.3, 0.4) is 0 Å². The summed E-state index contributed by atoms with van der Waals surface area (Å²) in [5.74, 6) is 1.68. The third-order valence-corrected chi connectivity index (χ3v) is 8.14. The second-order valence-electron chi connectivity index (χ2n) is 12.0. The van der Waals surface area contributed by atoms with Gasteiger partial charge in [-0.15, -0.1) is 0 Å². The van der Waals surface area contributed by atoms with Crippen LogP contribution < -0.4 is 9.47 Å². The molecule has 0 saturated carbocycles. The summed E-state index contributed by atoms with van der Waals surface area (Å²) in [4.78, 5) is 25.8. The van der Waals surface area contributed by atoms with Gasteiger partial charge in [0.25, 0.3) is 0 Å². The van der Waals surface area contributed by atoms with Crippen molar-refractivity contribution < 1.29 is 29.0 Å². The predicted molar refractivity (Wildman–Crippen MR) is 226 cm³/mol. The summed E-state index contributed by atoms with van der Waals surface area (Å²) in [6, 6.07) is 47.1. The van der Waals surface area contributed by atoms with E-state index in [1.807, 2.05) is 146 Å². The van der Waals surface area contributed by atoms with Crippen LogP contribution >= 0.6 is 0 Å². The van der Waals surface area contributed by atoms with Crippen LogP contribution in [0.2, 0.25) is 0 Å². The summed E-state index contributed by atoms with van der Waals surface area (Å²) in [5.41, 5.74) is 9.57. The van der Waals surface area contributed by atoms with Crippen molar-refractivity contribution in [3.05, 3.63) is 205 Å². The second kappa shape index (κ2) is 22.4. The minimum atomic E-state index is 0. The number of ether oxygens (including phenoxy) is 2. The fraction of sp³-hybridized carbons (Fsp3) is 0.0417. The average Bonchev–Trinajstić information content (AvgIpc) is 3.29. The molecule has 0 aliphatic rings. The molecule has 0 saturated heterocycles. The molecule has 57 heavy (non-hydrogen) atoms.